The molecule has 0 saturated carbocycles. The topological polar surface area (TPSA) is 325 Å². The lowest BCUT2D eigenvalue weighted by Crippen LogP contribution is -2.49. The Labute approximate surface area is 549 Å². The van der Waals surface area contributed by atoms with E-state index in [0.717, 1.165) is 49.0 Å². The van der Waals surface area contributed by atoms with Gasteiger partial charge < -0.3 is 70.4 Å². The van der Waals surface area contributed by atoms with Gasteiger partial charge >= 0.3 is 12.0 Å². The fourth-order valence-electron chi connectivity index (χ4n) is 12.7. The Hall–Kier alpha value is -9.35. The normalized spacial score (nSPS) is 16.4. The molecule has 6 N–H and O–H groups in total. The van der Waals surface area contributed by atoms with Crippen LogP contribution in [0.15, 0.2) is 67.0 Å². The number of amides is 8. The number of piperidine rings is 3. The van der Waals surface area contributed by atoms with Crippen molar-refractivity contribution in [2.45, 2.75) is 89.1 Å². The first-order chi connectivity index (χ1) is 46.0. The van der Waals surface area contributed by atoms with Crippen LogP contribution in [0.1, 0.15) is 98.3 Å². The third-order valence-electron chi connectivity index (χ3n) is 17.9. The molecule has 508 valence electrons. The molecule has 4 fully saturated rings. The van der Waals surface area contributed by atoms with E-state index >= 15 is 4.39 Å². The second kappa shape index (κ2) is 32.7. The summed E-state index contributed by atoms with van der Waals surface area (Å²) in [4.78, 5) is 120. The molecule has 6 aromatic rings. The van der Waals surface area contributed by atoms with Crippen LogP contribution < -0.4 is 31.9 Å². The van der Waals surface area contributed by atoms with Crippen LogP contribution in [0, 0.1) is 5.82 Å². The molecule has 3 aromatic heterocycles. The van der Waals surface area contributed by atoms with Crippen molar-refractivity contribution in [1.29, 1.82) is 0 Å². The number of nitrogens with zero attached hydrogens (tertiary/aromatic N) is 11. The molecule has 95 heavy (non-hydrogen) atoms. The van der Waals surface area contributed by atoms with Gasteiger partial charge in [0.15, 0.2) is 11.5 Å². The van der Waals surface area contributed by atoms with E-state index in [0.29, 0.717) is 124 Å². The first kappa shape index (κ1) is 68.5. The predicted octanol–water partition coefficient (Wildman–Crippen LogP) is 3.94. The van der Waals surface area contributed by atoms with Crippen LogP contribution in [0.4, 0.5) is 26.5 Å². The van der Waals surface area contributed by atoms with Gasteiger partial charge in [0, 0.05) is 114 Å². The Morgan fingerprint density at radius 3 is 2.09 bits per heavy atom. The number of nitrogens with two attached hydrogens (primary N) is 1. The van der Waals surface area contributed by atoms with Gasteiger partial charge in [-0.2, -0.15) is 10.2 Å². The van der Waals surface area contributed by atoms with Gasteiger partial charge in [-0.25, -0.2) is 19.2 Å². The number of aryl methyl sites for hydroxylation is 1. The average molecular weight is 1310 g/mol. The van der Waals surface area contributed by atoms with Crippen molar-refractivity contribution in [3.8, 4) is 11.1 Å². The van der Waals surface area contributed by atoms with Gasteiger partial charge in [-0.15, -0.1) is 0 Å². The highest BCUT2D eigenvalue weighted by Gasteiger charge is 2.36. The van der Waals surface area contributed by atoms with Gasteiger partial charge in [-0.05, 0) is 92.8 Å². The zero-order valence-electron chi connectivity index (χ0n) is 54.2. The molecule has 4 saturated heterocycles. The molecule has 3 aromatic carbocycles. The molecule has 0 aliphatic carbocycles. The van der Waals surface area contributed by atoms with E-state index in [1.807, 2.05) is 35.0 Å². The van der Waals surface area contributed by atoms with E-state index in [4.69, 9.17) is 34.8 Å². The van der Waals surface area contributed by atoms with Crippen molar-refractivity contribution in [2.24, 2.45) is 12.8 Å². The van der Waals surface area contributed by atoms with Crippen LogP contribution >= 0.6 is 0 Å². The number of nitrogens with one attached hydrogen (secondary N) is 4. The lowest BCUT2D eigenvalue weighted by atomic mass is 9.88. The number of primary amides is 1. The Morgan fingerprint density at radius 2 is 1.39 bits per heavy atom. The number of carbonyl (C=O) groups excluding carboxylic acids is 8. The summed E-state index contributed by atoms with van der Waals surface area (Å²) in [7, 11) is 3.60. The Balaban J connectivity index is 0.579. The van der Waals surface area contributed by atoms with E-state index in [9.17, 15) is 38.4 Å². The molecule has 8 amide bonds. The number of halogens is 1. The largest absolute Gasteiger partial charge is 0.465 e. The summed E-state index contributed by atoms with van der Waals surface area (Å²) in [5, 5.41) is 21.6. The zero-order chi connectivity index (χ0) is 67.0. The molecule has 7 heterocycles. The van der Waals surface area contributed by atoms with Crippen molar-refractivity contribution in [2.75, 3.05) is 136 Å². The predicted molar refractivity (Wildman–Crippen MR) is 349 cm³/mol. The zero-order valence-corrected chi connectivity index (χ0v) is 54.2. The summed E-state index contributed by atoms with van der Waals surface area (Å²) in [6, 6.07) is 16.7. The number of benzene rings is 3. The van der Waals surface area contributed by atoms with Gasteiger partial charge in [-0.1, -0.05) is 24.3 Å². The molecule has 4 aliphatic heterocycles. The van der Waals surface area contributed by atoms with Gasteiger partial charge in [0.05, 0.1) is 94.4 Å². The van der Waals surface area contributed by atoms with E-state index in [1.54, 1.807) is 59.0 Å². The minimum Gasteiger partial charge on any atom is -0.465 e. The molecule has 28 nitrogen and oxygen atoms in total. The highest BCUT2D eigenvalue weighted by atomic mass is 19.1. The second-order valence-electron chi connectivity index (χ2n) is 24.2. The molecular weight excluding hydrogens is 1230 g/mol. The lowest BCUT2D eigenvalue weighted by Gasteiger charge is -2.37. The summed E-state index contributed by atoms with van der Waals surface area (Å²) in [6.45, 7) is 7.74. The van der Waals surface area contributed by atoms with Gasteiger partial charge in [0.1, 0.15) is 24.7 Å². The number of urea groups is 1. The molecule has 0 bridgehead atoms. The van der Waals surface area contributed by atoms with Gasteiger partial charge in [0.25, 0.3) is 5.91 Å². The number of anilines is 3. The number of aromatic nitrogens is 6. The summed E-state index contributed by atoms with van der Waals surface area (Å²) in [5.74, 6) is -2.25. The molecule has 0 unspecified atom stereocenters. The molecule has 0 radical (unpaired) electrons. The highest BCUT2D eigenvalue weighted by molar-refractivity contribution is 6.00. The Bertz CT molecular complexity index is 3720. The van der Waals surface area contributed by atoms with Gasteiger partial charge in [0.2, 0.25) is 29.5 Å². The number of likely N-dealkylation sites (tertiary alicyclic amines) is 2. The molecule has 29 heteroatoms. The van der Waals surface area contributed by atoms with E-state index in [-0.39, 0.29) is 118 Å². The van der Waals surface area contributed by atoms with E-state index in [2.05, 4.69) is 48.4 Å². The molecule has 1 atom stereocenters. The number of carbonyl (C=O) groups is 8. The molecule has 4 aliphatic rings. The molecular formula is C66H85FN16O12. The Morgan fingerprint density at radius 1 is 0.695 bits per heavy atom. The van der Waals surface area contributed by atoms with Crippen LogP contribution in [-0.4, -0.2) is 228 Å². The summed E-state index contributed by atoms with van der Waals surface area (Å²) in [6.07, 6.45) is 7.95. The van der Waals surface area contributed by atoms with E-state index in [1.165, 1.54) is 10.7 Å². The average Bonchev–Trinajstić information content (AvgIpc) is 1.62. The Kier molecular flexibility index (Phi) is 23.6. The summed E-state index contributed by atoms with van der Waals surface area (Å²) in [5.41, 5.74) is 10.5. The van der Waals surface area contributed by atoms with Crippen molar-refractivity contribution in [3.05, 3.63) is 89.8 Å². The maximum absolute atomic E-state index is 16.0. The van der Waals surface area contributed by atoms with Crippen molar-refractivity contribution < 1.29 is 61.7 Å². The fourth-order valence-corrected chi connectivity index (χ4v) is 12.7. The smallest absolute Gasteiger partial charge is 0.325 e. The number of rotatable bonds is 30. The van der Waals surface area contributed by atoms with Crippen LogP contribution in [0.25, 0.3) is 32.9 Å². The van der Waals surface area contributed by atoms with Crippen LogP contribution in [-0.2, 0) is 61.3 Å². The minimum atomic E-state index is -0.693. The van der Waals surface area contributed by atoms with Crippen LogP contribution in [0.5, 0.6) is 0 Å². The monoisotopic (exact) mass is 1310 g/mol. The lowest BCUT2D eigenvalue weighted by molar-refractivity contribution is -0.143. The van der Waals surface area contributed by atoms with Crippen LogP contribution in [0.2, 0.25) is 0 Å². The standard InChI is InChI=1S/C66H85FN16O12/c1-4-95-60(89)40-71-56(85)39-70-57(86)42-83-52-9-5-8-49(50-36-53-46(35-51(50)67)37-73-78(53)3)61(52)62(76-83)45-18-25-79(26-19-45)58(87)15-14-55(84)69-21-30-93-32-34-94-33-31-92-29-20-59(88)80-23-16-44(17-24-80)43-10-12-47(13-11-43)74-65-63(64(68)90)72-38-54(75-65)81-22-6-7-48(41-81)82-28-27-77(2)66(82)91/h5,8-13,35-38,44-45,48H,4,6-7,14-34,39-42H2,1-3H3,(H2,68,90)(H,69,84)(H,70,86)(H,71,85)(H,74,75)/t48-/m1/s1. The summed E-state index contributed by atoms with van der Waals surface area (Å²) >= 11 is 0. The van der Waals surface area contributed by atoms with Crippen molar-refractivity contribution in [3.63, 3.8) is 0 Å². The molecule has 10 rings (SSSR count). The SMILES string of the molecule is CCOC(=O)CNC(=O)CNC(=O)Cn1nc(C2CCN(C(=O)CCC(=O)NCCOCCOCCOCCC(=O)N3CCC(c4ccc(Nc5nc(N6CCC[C@@H](N7CCN(C)C7=O)C6)cnc5C(N)=O)cc4)CC3)CC2)c2c(-c3cc4c(cnn4C)cc3F)cccc21. The maximum atomic E-state index is 16.0. The third-order valence-corrected chi connectivity index (χ3v) is 17.9. The maximum Gasteiger partial charge on any atom is 0.325 e. The van der Waals surface area contributed by atoms with Crippen molar-refractivity contribution >= 4 is 86.6 Å². The minimum absolute atomic E-state index is 0.00382. The number of fused-ring (bicyclic) bond motifs is 2. The third kappa shape index (κ3) is 17.7. The first-order valence-electron chi connectivity index (χ1n) is 32.7. The quantitative estimate of drug-likeness (QED) is 0.0315. The van der Waals surface area contributed by atoms with Crippen molar-refractivity contribution in [1.82, 2.24) is 65.1 Å². The number of hydrogen-bond donors (Lipinski definition) is 5. The second-order valence-corrected chi connectivity index (χ2v) is 24.2. The number of likely N-dealkylation sites (N-methyl/N-ethyl adjacent to an activating group) is 1. The number of hydrogen-bond acceptors (Lipinski definition) is 18. The highest BCUT2D eigenvalue weighted by Crippen LogP contribution is 2.40. The van der Waals surface area contributed by atoms with E-state index < -0.39 is 29.5 Å². The van der Waals surface area contributed by atoms with Crippen LogP contribution in [0.3, 0.4) is 0 Å². The number of ether oxygens (including phenoxy) is 4. The fraction of sp³-hybridized carbons (Fsp3) is 0.515. The first-order valence-corrected chi connectivity index (χ1v) is 32.7. The molecule has 0 spiro atoms. The summed E-state index contributed by atoms with van der Waals surface area (Å²) < 4.78 is 41.0. The van der Waals surface area contributed by atoms with Gasteiger partial charge in [-0.3, -0.25) is 42.9 Å². The number of esters is 1.